The van der Waals surface area contributed by atoms with Crippen LogP contribution in [-0.4, -0.2) is 50.4 Å². The van der Waals surface area contributed by atoms with Crippen LogP contribution in [0.25, 0.3) is 0 Å². The van der Waals surface area contributed by atoms with Crippen LogP contribution in [0, 0.1) is 5.82 Å². The Morgan fingerprint density at radius 1 is 1.22 bits per heavy atom. The monoisotopic (exact) mass is 419 g/mol. The molecule has 3 N–H and O–H groups in total. The van der Waals surface area contributed by atoms with E-state index >= 15 is 0 Å². The minimum atomic E-state index is -4.23. The molecule has 0 heterocycles. The van der Waals surface area contributed by atoms with E-state index in [1.165, 1.54) is 23.9 Å². The van der Waals surface area contributed by atoms with Gasteiger partial charge in [-0.3, -0.25) is 9.59 Å². The molecule has 0 fully saturated rings. The van der Waals surface area contributed by atoms with E-state index in [-0.39, 0.29) is 13.0 Å². The van der Waals surface area contributed by atoms with Crippen molar-refractivity contribution in [2.45, 2.75) is 43.7 Å². The molecule has 1 rings (SSSR count). The number of carbonyl (C=O) groups is 2. The summed E-state index contributed by atoms with van der Waals surface area (Å²) in [7, 11) is -4.23. The van der Waals surface area contributed by atoms with E-state index in [2.05, 4.69) is 15.4 Å². The van der Waals surface area contributed by atoms with Crippen molar-refractivity contribution < 1.29 is 22.4 Å². The molecule has 0 aliphatic rings. The SMILES string of the molecule is CSCCC(NS(=O)(=O)c1ccccc1F)C(=O)NCC(=O)NC(C)(C)C. The second-order valence-corrected chi connectivity index (χ2v) is 9.57. The van der Waals surface area contributed by atoms with Crippen LogP contribution in [0.2, 0.25) is 0 Å². The van der Waals surface area contributed by atoms with Crippen LogP contribution in [0.15, 0.2) is 29.2 Å². The number of thioether (sulfide) groups is 1. The molecule has 152 valence electrons. The van der Waals surface area contributed by atoms with Gasteiger partial charge >= 0.3 is 0 Å². The number of rotatable bonds is 9. The lowest BCUT2D eigenvalue weighted by atomic mass is 10.1. The fourth-order valence-electron chi connectivity index (χ4n) is 2.15. The number of sulfonamides is 1. The van der Waals surface area contributed by atoms with Gasteiger partial charge in [0, 0.05) is 5.54 Å². The first-order valence-electron chi connectivity index (χ1n) is 8.31. The Morgan fingerprint density at radius 3 is 2.41 bits per heavy atom. The van der Waals surface area contributed by atoms with Gasteiger partial charge in [-0.25, -0.2) is 12.8 Å². The van der Waals surface area contributed by atoms with E-state index in [0.29, 0.717) is 5.75 Å². The summed E-state index contributed by atoms with van der Waals surface area (Å²) in [5.41, 5.74) is -0.452. The van der Waals surface area contributed by atoms with E-state index in [1.807, 2.05) is 6.26 Å². The number of halogens is 1. The van der Waals surface area contributed by atoms with Crippen molar-refractivity contribution in [3.63, 3.8) is 0 Å². The largest absolute Gasteiger partial charge is 0.350 e. The molecule has 1 aromatic carbocycles. The van der Waals surface area contributed by atoms with Crippen LogP contribution in [0.5, 0.6) is 0 Å². The highest BCUT2D eigenvalue weighted by atomic mass is 32.2. The summed E-state index contributed by atoms with van der Waals surface area (Å²) < 4.78 is 40.9. The third kappa shape index (κ3) is 8.27. The summed E-state index contributed by atoms with van der Waals surface area (Å²) in [5.74, 6) is -1.44. The Balaban J connectivity index is 2.84. The molecule has 1 unspecified atom stereocenters. The molecular weight excluding hydrogens is 393 g/mol. The molecule has 0 spiro atoms. The maximum absolute atomic E-state index is 13.8. The molecule has 0 aliphatic heterocycles. The van der Waals surface area contributed by atoms with Gasteiger partial charge in [0.05, 0.1) is 6.54 Å². The lowest BCUT2D eigenvalue weighted by Crippen LogP contribution is -2.51. The van der Waals surface area contributed by atoms with Crippen molar-refractivity contribution in [1.82, 2.24) is 15.4 Å². The maximum atomic E-state index is 13.8. The zero-order chi connectivity index (χ0) is 20.7. The third-order valence-corrected chi connectivity index (χ3v) is 5.44. The van der Waals surface area contributed by atoms with Crippen LogP contribution in [0.1, 0.15) is 27.2 Å². The summed E-state index contributed by atoms with van der Waals surface area (Å²) >= 11 is 1.44. The highest BCUT2D eigenvalue weighted by Crippen LogP contribution is 2.14. The summed E-state index contributed by atoms with van der Waals surface area (Å²) in [5, 5.41) is 5.11. The van der Waals surface area contributed by atoms with Crippen molar-refractivity contribution in [2.75, 3.05) is 18.6 Å². The second kappa shape index (κ2) is 10.0. The molecule has 0 saturated heterocycles. The Labute approximate surface area is 163 Å². The lowest BCUT2D eigenvalue weighted by Gasteiger charge is -2.22. The van der Waals surface area contributed by atoms with E-state index in [9.17, 15) is 22.4 Å². The predicted molar refractivity (Wildman–Crippen MR) is 104 cm³/mol. The molecule has 0 bridgehead atoms. The molecular formula is C17H26FN3O4S2. The quantitative estimate of drug-likeness (QED) is 0.559. The first-order chi connectivity index (χ1) is 12.5. The number of carbonyl (C=O) groups excluding carboxylic acids is 2. The van der Waals surface area contributed by atoms with Gasteiger partial charge in [0.1, 0.15) is 16.8 Å². The maximum Gasteiger partial charge on any atom is 0.244 e. The van der Waals surface area contributed by atoms with E-state index in [0.717, 1.165) is 12.1 Å². The van der Waals surface area contributed by atoms with Crippen LogP contribution in [0.4, 0.5) is 4.39 Å². The molecule has 2 amide bonds. The van der Waals surface area contributed by atoms with E-state index < -0.39 is 44.1 Å². The van der Waals surface area contributed by atoms with Crippen molar-refractivity contribution in [3.8, 4) is 0 Å². The molecule has 27 heavy (non-hydrogen) atoms. The molecule has 0 aliphatic carbocycles. The van der Waals surface area contributed by atoms with Gasteiger partial charge < -0.3 is 10.6 Å². The van der Waals surface area contributed by atoms with Gasteiger partial charge in [-0.2, -0.15) is 16.5 Å². The Hall–Kier alpha value is -1.65. The lowest BCUT2D eigenvalue weighted by molar-refractivity contribution is -0.127. The van der Waals surface area contributed by atoms with Crippen molar-refractivity contribution in [3.05, 3.63) is 30.1 Å². The van der Waals surface area contributed by atoms with Gasteiger partial charge in [0.2, 0.25) is 21.8 Å². The second-order valence-electron chi connectivity index (χ2n) is 6.90. The molecule has 0 aromatic heterocycles. The van der Waals surface area contributed by atoms with Gasteiger partial charge in [-0.1, -0.05) is 12.1 Å². The minimum Gasteiger partial charge on any atom is -0.350 e. The summed E-state index contributed by atoms with van der Waals surface area (Å²) in [6.07, 6.45) is 2.01. The summed E-state index contributed by atoms with van der Waals surface area (Å²) in [4.78, 5) is 23.7. The van der Waals surface area contributed by atoms with Crippen molar-refractivity contribution in [2.24, 2.45) is 0 Å². The first-order valence-corrected chi connectivity index (χ1v) is 11.2. The highest BCUT2D eigenvalue weighted by Gasteiger charge is 2.27. The first kappa shape index (κ1) is 23.4. The Bertz CT molecular complexity index is 764. The number of amides is 2. The predicted octanol–water partition coefficient (Wildman–Crippen LogP) is 1.26. The average molecular weight is 420 g/mol. The van der Waals surface area contributed by atoms with E-state index in [1.54, 1.807) is 20.8 Å². The topological polar surface area (TPSA) is 104 Å². The zero-order valence-corrected chi connectivity index (χ0v) is 17.5. The highest BCUT2D eigenvalue weighted by molar-refractivity contribution is 7.98. The number of nitrogens with one attached hydrogen (secondary N) is 3. The normalized spacial score (nSPS) is 13.1. The molecule has 0 saturated carbocycles. The Kier molecular flexibility index (Phi) is 8.70. The van der Waals surface area contributed by atoms with Crippen molar-refractivity contribution in [1.29, 1.82) is 0 Å². The van der Waals surface area contributed by atoms with Gasteiger partial charge in [-0.05, 0) is 51.3 Å². The summed E-state index contributed by atoms with van der Waals surface area (Å²) in [6, 6.07) is 3.80. The standard InChI is InChI=1S/C17H26FN3O4S2/c1-17(2,3)20-15(22)11-19-16(23)13(9-10-26-4)21-27(24,25)14-8-6-5-7-12(14)18/h5-8,13,21H,9-11H2,1-4H3,(H,19,23)(H,20,22). The molecule has 1 aromatic rings. The van der Waals surface area contributed by atoms with E-state index in [4.69, 9.17) is 0 Å². The number of hydrogen-bond acceptors (Lipinski definition) is 5. The molecule has 0 radical (unpaired) electrons. The van der Waals surface area contributed by atoms with Crippen LogP contribution in [-0.2, 0) is 19.6 Å². The average Bonchev–Trinajstić information content (AvgIpc) is 2.55. The fourth-order valence-corrected chi connectivity index (χ4v) is 3.93. The summed E-state index contributed by atoms with van der Waals surface area (Å²) in [6.45, 7) is 5.12. The van der Waals surface area contributed by atoms with Crippen LogP contribution < -0.4 is 15.4 Å². The molecule has 10 heteroatoms. The van der Waals surface area contributed by atoms with Crippen LogP contribution in [0.3, 0.4) is 0 Å². The smallest absolute Gasteiger partial charge is 0.244 e. The zero-order valence-electron chi connectivity index (χ0n) is 15.8. The number of benzene rings is 1. The van der Waals surface area contributed by atoms with Gasteiger partial charge in [0.15, 0.2) is 0 Å². The van der Waals surface area contributed by atoms with Crippen molar-refractivity contribution >= 4 is 33.6 Å². The van der Waals surface area contributed by atoms with Crippen LogP contribution >= 0.6 is 11.8 Å². The van der Waals surface area contributed by atoms with Gasteiger partial charge in [0.25, 0.3) is 0 Å². The molecule has 1 atom stereocenters. The molecule has 7 nitrogen and oxygen atoms in total. The fraction of sp³-hybridized carbons (Fsp3) is 0.529. The van der Waals surface area contributed by atoms with Gasteiger partial charge in [-0.15, -0.1) is 0 Å². The number of hydrogen-bond donors (Lipinski definition) is 3. The Morgan fingerprint density at radius 2 is 1.85 bits per heavy atom. The third-order valence-electron chi connectivity index (χ3n) is 3.29. The minimum absolute atomic E-state index is 0.196.